The van der Waals surface area contributed by atoms with Crippen molar-refractivity contribution in [2.24, 2.45) is 0 Å². The summed E-state index contributed by atoms with van der Waals surface area (Å²) in [4.78, 5) is 13.0. The van der Waals surface area contributed by atoms with Gasteiger partial charge in [0.1, 0.15) is 6.54 Å². The molecule has 2 aromatic carbocycles. The molecule has 2 rings (SSSR count). The highest BCUT2D eigenvalue weighted by atomic mass is 19.4. The van der Waals surface area contributed by atoms with Gasteiger partial charge in [0.15, 0.2) is 18.1 Å². The average Bonchev–Trinajstić information content (AvgIpc) is 2.60. The first kappa shape index (κ1) is 20.7. The van der Waals surface area contributed by atoms with Crippen LogP contribution >= 0.6 is 0 Å². The molecule has 1 unspecified atom stereocenters. The van der Waals surface area contributed by atoms with Crippen LogP contribution in [0, 0.1) is 5.82 Å². The van der Waals surface area contributed by atoms with Crippen molar-refractivity contribution in [1.82, 2.24) is 0 Å². The fourth-order valence-electron chi connectivity index (χ4n) is 2.63. The molecule has 2 aromatic rings. The van der Waals surface area contributed by atoms with E-state index in [-0.39, 0.29) is 18.0 Å². The molecule has 2 N–H and O–H groups in total. The van der Waals surface area contributed by atoms with Crippen LogP contribution in [0.2, 0.25) is 0 Å². The Hall–Kier alpha value is -2.61. The fraction of sp³-hybridized carbons (Fsp3) is 0.316. The third-order valence-electron chi connectivity index (χ3n) is 4.05. The van der Waals surface area contributed by atoms with Crippen molar-refractivity contribution in [2.45, 2.75) is 19.6 Å². The van der Waals surface area contributed by atoms with Crippen molar-refractivity contribution >= 4 is 11.6 Å². The minimum absolute atomic E-state index is 0.0421. The maximum Gasteiger partial charge on any atom is 0.416 e. The van der Waals surface area contributed by atoms with Gasteiger partial charge < -0.3 is 15.0 Å². The molecule has 0 aromatic heterocycles. The van der Waals surface area contributed by atoms with Gasteiger partial charge in [-0.1, -0.05) is 6.07 Å². The molecular weight excluding hydrogens is 364 g/mol. The van der Waals surface area contributed by atoms with Gasteiger partial charge in [0.25, 0.3) is 5.91 Å². The predicted molar refractivity (Wildman–Crippen MR) is 93.1 cm³/mol. The van der Waals surface area contributed by atoms with Gasteiger partial charge in [-0.25, -0.2) is 4.39 Å². The van der Waals surface area contributed by atoms with Crippen molar-refractivity contribution in [2.75, 3.05) is 25.5 Å². The van der Waals surface area contributed by atoms with E-state index < -0.39 is 23.5 Å². The number of halogens is 4. The summed E-state index contributed by atoms with van der Waals surface area (Å²) in [5.74, 6) is -0.766. The molecule has 0 saturated heterocycles. The van der Waals surface area contributed by atoms with Gasteiger partial charge >= 0.3 is 6.18 Å². The van der Waals surface area contributed by atoms with Gasteiger partial charge in [0.2, 0.25) is 0 Å². The van der Waals surface area contributed by atoms with Gasteiger partial charge in [-0.05, 0) is 43.3 Å². The normalized spacial score (nSPS) is 12.5. The number of ether oxygens (including phenoxy) is 1. The molecule has 0 aliphatic rings. The maximum atomic E-state index is 13.8. The standard InChI is InChI=1S/C19H20F4N2O2/c1-3-25(11-13-7-8-17(27-2)16(20)9-13)12-18(26)24-15-6-4-5-14(10-15)19(21,22)23/h4-10H,3,11-12H2,1-2H3,(H,24,26)/p+1. The minimum Gasteiger partial charge on any atom is -0.494 e. The SMILES string of the molecule is CC[NH+](CC(=O)Nc1cccc(C(F)(F)F)c1)Cc1ccc(OC)c(F)c1. The Labute approximate surface area is 154 Å². The Balaban J connectivity index is 2.00. The number of nitrogens with one attached hydrogen (secondary N) is 2. The molecule has 0 aliphatic heterocycles. The molecule has 1 atom stereocenters. The lowest BCUT2D eigenvalue weighted by atomic mass is 10.2. The van der Waals surface area contributed by atoms with E-state index in [9.17, 15) is 22.4 Å². The first-order chi connectivity index (χ1) is 12.7. The van der Waals surface area contributed by atoms with Crippen LogP contribution in [-0.4, -0.2) is 26.1 Å². The number of anilines is 1. The average molecular weight is 385 g/mol. The van der Waals surface area contributed by atoms with Crippen molar-refractivity contribution in [3.8, 4) is 5.75 Å². The summed E-state index contributed by atoms with van der Waals surface area (Å²) in [7, 11) is 1.37. The molecule has 0 radical (unpaired) electrons. The summed E-state index contributed by atoms with van der Waals surface area (Å²) in [5, 5.41) is 2.48. The summed E-state index contributed by atoms with van der Waals surface area (Å²) in [6, 6.07) is 9.04. The van der Waals surface area contributed by atoms with Gasteiger partial charge in [-0.15, -0.1) is 0 Å². The van der Waals surface area contributed by atoms with Crippen LogP contribution in [0.1, 0.15) is 18.1 Å². The first-order valence-corrected chi connectivity index (χ1v) is 8.36. The number of likely N-dealkylation sites (N-methyl/N-ethyl adjacent to an activating group) is 1. The summed E-state index contributed by atoms with van der Waals surface area (Å²) in [5.41, 5.74) is -0.0495. The zero-order valence-electron chi connectivity index (χ0n) is 15.0. The second kappa shape index (κ2) is 8.85. The van der Waals surface area contributed by atoms with Crippen molar-refractivity contribution in [3.63, 3.8) is 0 Å². The highest BCUT2D eigenvalue weighted by Gasteiger charge is 2.30. The van der Waals surface area contributed by atoms with Crippen LogP contribution < -0.4 is 15.0 Å². The summed E-state index contributed by atoms with van der Waals surface area (Å²) < 4.78 is 56.9. The Kier molecular flexibility index (Phi) is 6.79. The molecular formula is C19H21F4N2O2+. The highest BCUT2D eigenvalue weighted by molar-refractivity contribution is 5.91. The largest absolute Gasteiger partial charge is 0.494 e. The molecule has 146 valence electrons. The van der Waals surface area contributed by atoms with Crippen LogP contribution in [0.3, 0.4) is 0 Å². The lowest BCUT2D eigenvalue weighted by Crippen LogP contribution is -3.11. The van der Waals surface area contributed by atoms with Crippen LogP contribution in [-0.2, 0) is 17.5 Å². The van der Waals surface area contributed by atoms with E-state index in [0.717, 1.165) is 17.0 Å². The van der Waals surface area contributed by atoms with E-state index in [1.165, 1.54) is 31.4 Å². The van der Waals surface area contributed by atoms with Crippen molar-refractivity contribution in [3.05, 3.63) is 59.4 Å². The molecule has 4 nitrogen and oxygen atoms in total. The van der Waals surface area contributed by atoms with Crippen LogP contribution in [0.25, 0.3) is 0 Å². The number of carbonyl (C=O) groups excluding carboxylic acids is 1. The lowest BCUT2D eigenvalue weighted by molar-refractivity contribution is -0.903. The molecule has 8 heteroatoms. The summed E-state index contributed by atoms with van der Waals surface area (Å²) in [6.07, 6.45) is -4.47. The number of alkyl halides is 3. The highest BCUT2D eigenvalue weighted by Crippen LogP contribution is 2.30. The van der Waals surface area contributed by atoms with Crippen molar-refractivity contribution in [1.29, 1.82) is 0 Å². The fourth-order valence-corrected chi connectivity index (χ4v) is 2.63. The van der Waals surface area contributed by atoms with Gasteiger partial charge in [0.05, 0.1) is 19.2 Å². The minimum atomic E-state index is -4.47. The van der Waals surface area contributed by atoms with Gasteiger partial charge in [-0.2, -0.15) is 13.2 Å². The van der Waals surface area contributed by atoms with Gasteiger partial charge in [0, 0.05) is 11.3 Å². The zero-order chi connectivity index (χ0) is 20.0. The van der Waals surface area contributed by atoms with E-state index in [1.54, 1.807) is 6.07 Å². The Morgan fingerprint density at radius 2 is 1.93 bits per heavy atom. The number of methoxy groups -OCH3 is 1. The van der Waals surface area contributed by atoms with E-state index in [4.69, 9.17) is 4.74 Å². The molecule has 0 saturated carbocycles. The van der Waals surface area contributed by atoms with E-state index in [1.807, 2.05) is 6.92 Å². The predicted octanol–water partition coefficient (Wildman–Crippen LogP) is 2.90. The monoisotopic (exact) mass is 385 g/mol. The maximum absolute atomic E-state index is 13.8. The second-order valence-corrected chi connectivity index (χ2v) is 6.05. The number of carbonyl (C=O) groups is 1. The first-order valence-electron chi connectivity index (χ1n) is 8.36. The molecule has 0 bridgehead atoms. The van der Waals surface area contributed by atoms with Crippen molar-refractivity contribution < 1.29 is 32.0 Å². The number of benzene rings is 2. The summed E-state index contributed by atoms with van der Waals surface area (Å²) >= 11 is 0. The molecule has 0 spiro atoms. The van der Waals surface area contributed by atoms with Crippen LogP contribution in [0.4, 0.5) is 23.2 Å². The zero-order valence-corrected chi connectivity index (χ0v) is 15.0. The van der Waals surface area contributed by atoms with Gasteiger partial charge in [-0.3, -0.25) is 4.79 Å². The van der Waals surface area contributed by atoms with E-state index in [0.29, 0.717) is 18.7 Å². The number of quaternary nitrogens is 1. The van der Waals surface area contributed by atoms with Crippen LogP contribution in [0.15, 0.2) is 42.5 Å². The molecule has 0 heterocycles. The second-order valence-electron chi connectivity index (χ2n) is 6.05. The molecule has 27 heavy (non-hydrogen) atoms. The van der Waals surface area contributed by atoms with E-state index >= 15 is 0 Å². The Morgan fingerprint density at radius 1 is 1.19 bits per heavy atom. The number of rotatable bonds is 7. The molecule has 0 aliphatic carbocycles. The van der Waals surface area contributed by atoms with E-state index in [2.05, 4.69) is 5.32 Å². The number of hydrogen-bond acceptors (Lipinski definition) is 2. The topological polar surface area (TPSA) is 42.8 Å². The third kappa shape index (κ3) is 5.96. The Bertz CT molecular complexity index is 794. The third-order valence-corrected chi connectivity index (χ3v) is 4.05. The Morgan fingerprint density at radius 3 is 2.52 bits per heavy atom. The number of hydrogen-bond donors (Lipinski definition) is 2. The molecule has 1 amide bonds. The summed E-state index contributed by atoms with van der Waals surface area (Å²) in [6.45, 7) is 2.89. The smallest absolute Gasteiger partial charge is 0.416 e. The molecule has 0 fully saturated rings. The lowest BCUT2D eigenvalue weighted by Gasteiger charge is -2.18. The number of amides is 1. The van der Waals surface area contributed by atoms with Crippen LogP contribution in [0.5, 0.6) is 5.75 Å². The quantitative estimate of drug-likeness (QED) is 0.720.